The van der Waals surface area contributed by atoms with Crippen molar-refractivity contribution in [2.24, 2.45) is 0 Å². The number of nitrogens with zero attached hydrogens (tertiary/aromatic N) is 1. The van der Waals surface area contributed by atoms with Crippen molar-refractivity contribution in [1.82, 2.24) is 0 Å². The van der Waals surface area contributed by atoms with E-state index in [-0.39, 0.29) is 0 Å². The summed E-state index contributed by atoms with van der Waals surface area (Å²) < 4.78 is 0. The summed E-state index contributed by atoms with van der Waals surface area (Å²) in [5.74, 6) is 0. The lowest BCUT2D eigenvalue weighted by Gasteiger charge is -2.00. The molecule has 0 saturated carbocycles. The fraction of sp³-hybridized carbons (Fsp3) is 0. The van der Waals surface area contributed by atoms with Crippen LogP contribution in [0.25, 0.3) is 0 Å². The molecule has 0 radical (unpaired) electrons. The summed E-state index contributed by atoms with van der Waals surface area (Å²) in [6.45, 7) is 0. The van der Waals surface area contributed by atoms with Crippen molar-refractivity contribution in [1.29, 1.82) is 0 Å². The normalized spacial score (nSPS) is 10.7. The first-order chi connectivity index (χ1) is 6.61. The summed E-state index contributed by atoms with van der Waals surface area (Å²) in [5, 5.41) is 12.2. The van der Waals surface area contributed by atoms with E-state index in [0.717, 1.165) is 18.0 Å². The van der Waals surface area contributed by atoms with E-state index in [9.17, 15) is 10.1 Å². The molecular formula is C8H5Cl2NO2S. The Labute approximate surface area is 94.9 Å². The lowest BCUT2D eigenvalue weighted by Crippen LogP contribution is -1.80. The summed E-state index contributed by atoms with van der Waals surface area (Å²) in [6.07, 6.45) is 0.849. The van der Waals surface area contributed by atoms with E-state index in [2.05, 4.69) is 0 Å². The number of hydrogen-bond acceptors (Lipinski definition) is 3. The fourth-order valence-corrected chi connectivity index (χ4v) is 1.90. The first-order valence-electron chi connectivity index (χ1n) is 3.52. The molecule has 0 aromatic heterocycles. The molecule has 0 unspecified atom stereocenters. The Morgan fingerprint density at radius 2 is 2.14 bits per heavy atom. The van der Waals surface area contributed by atoms with Gasteiger partial charge in [-0.25, -0.2) is 0 Å². The Morgan fingerprint density at radius 3 is 2.79 bits per heavy atom. The topological polar surface area (TPSA) is 43.1 Å². The molecule has 0 fully saturated rings. The SMILES string of the molecule is O=[N+]([O-])C=CSc1cccc(Cl)c1Cl. The van der Waals surface area contributed by atoms with Crippen LogP contribution in [0.3, 0.4) is 0 Å². The largest absolute Gasteiger partial charge is 0.259 e. The van der Waals surface area contributed by atoms with E-state index in [0.29, 0.717) is 14.9 Å². The molecule has 0 aliphatic heterocycles. The van der Waals surface area contributed by atoms with E-state index in [1.165, 1.54) is 5.41 Å². The zero-order chi connectivity index (χ0) is 10.6. The van der Waals surface area contributed by atoms with Crippen molar-refractivity contribution >= 4 is 35.0 Å². The van der Waals surface area contributed by atoms with Crippen molar-refractivity contribution in [2.45, 2.75) is 4.90 Å². The summed E-state index contributed by atoms with van der Waals surface area (Å²) in [5.41, 5.74) is 0. The van der Waals surface area contributed by atoms with Crippen LogP contribution in [0.2, 0.25) is 10.0 Å². The maximum absolute atomic E-state index is 9.99. The third-order valence-corrected chi connectivity index (χ3v) is 3.08. The second-order valence-corrected chi connectivity index (χ2v) is 3.97. The molecule has 3 nitrogen and oxygen atoms in total. The van der Waals surface area contributed by atoms with E-state index in [1.54, 1.807) is 18.2 Å². The highest BCUT2D eigenvalue weighted by atomic mass is 35.5. The van der Waals surface area contributed by atoms with Gasteiger partial charge in [0.1, 0.15) is 0 Å². The van der Waals surface area contributed by atoms with E-state index in [1.807, 2.05) is 0 Å². The molecule has 74 valence electrons. The van der Waals surface area contributed by atoms with Gasteiger partial charge in [-0.2, -0.15) is 0 Å². The van der Waals surface area contributed by atoms with Crippen molar-refractivity contribution in [3.05, 3.63) is 50.0 Å². The maximum atomic E-state index is 9.99. The molecule has 1 rings (SSSR count). The van der Waals surface area contributed by atoms with Gasteiger partial charge in [-0.15, -0.1) is 0 Å². The van der Waals surface area contributed by atoms with Crippen molar-refractivity contribution in [3.63, 3.8) is 0 Å². The van der Waals surface area contributed by atoms with Gasteiger partial charge in [0.15, 0.2) is 0 Å². The van der Waals surface area contributed by atoms with Crippen LogP contribution in [0.1, 0.15) is 0 Å². The van der Waals surface area contributed by atoms with Crippen LogP contribution in [-0.4, -0.2) is 4.92 Å². The molecule has 14 heavy (non-hydrogen) atoms. The fourth-order valence-electron chi connectivity index (χ4n) is 0.728. The average molecular weight is 250 g/mol. The van der Waals surface area contributed by atoms with Crippen molar-refractivity contribution in [2.75, 3.05) is 0 Å². The zero-order valence-corrected chi connectivity index (χ0v) is 9.14. The molecule has 0 aliphatic rings. The quantitative estimate of drug-likeness (QED) is 0.465. The standard InChI is InChI=1S/C8H5Cl2NO2S/c9-6-2-1-3-7(8(6)10)14-5-4-11(12)13/h1-5H. The van der Waals surface area contributed by atoms with Gasteiger partial charge < -0.3 is 0 Å². The zero-order valence-electron chi connectivity index (χ0n) is 6.81. The van der Waals surface area contributed by atoms with Crippen LogP contribution in [0.5, 0.6) is 0 Å². The third kappa shape index (κ3) is 3.21. The van der Waals surface area contributed by atoms with Gasteiger partial charge in [-0.05, 0) is 12.1 Å². The summed E-state index contributed by atoms with van der Waals surface area (Å²) in [4.78, 5) is 10.1. The average Bonchev–Trinajstić information content (AvgIpc) is 2.12. The number of halogens is 2. The van der Waals surface area contributed by atoms with Crippen LogP contribution in [0.15, 0.2) is 34.7 Å². The minimum absolute atomic E-state index is 0.409. The van der Waals surface area contributed by atoms with Gasteiger partial charge >= 0.3 is 0 Å². The van der Waals surface area contributed by atoms with Crippen molar-refractivity contribution < 1.29 is 4.92 Å². The van der Waals surface area contributed by atoms with E-state index >= 15 is 0 Å². The number of thioether (sulfide) groups is 1. The van der Waals surface area contributed by atoms with Gasteiger partial charge in [-0.3, -0.25) is 10.1 Å². The Balaban J connectivity index is 2.77. The molecule has 6 heteroatoms. The van der Waals surface area contributed by atoms with Gasteiger partial charge in [0, 0.05) is 10.3 Å². The van der Waals surface area contributed by atoms with Crippen LogP contribution in [0.4, 0.5) is 0 Å². The Morgan fingerprint density at radius 1 is 1.43 bits per heavy atom. The molecule has 0 bridgehead atoms. The highest BCUT2D eigenvalue weighted by Crippen LogP contribution is 2.33. The van der Waals surface area contributed by atoms with E-state index < -0.39 is 4.92 Å². The van der Waals surface area contributed by atoms with Gasteiger partial charge in [-0.1, -0.05) is 41.0 Å². The van der Waals surface area contributed by atoms with Gasteiger partial charge in [0.25, 0.3) is 0 Å². The maximum Gasteiger partial charge on any atom is 0.241 e. The number of nitro groups is 1. The van der Waals surface area contributed by atoms with Gasteiger partial charge in [0.2, 0.25) is 6.20 Å². The molecule has 1 aromatic rings. The minimum Gasteiger partial charge on any atom is -0.259 e. The second kappa shape index (κ2) is 5.24. The molecule has 0 amide bonds. The second-order valence-electron chi connectivity index (χ2n) is 2.24. The minimum atomic E-state index is -0.536. The third-order valence-electron chi connectivity index (χ3n) is 1.29. The van der Waals surface area contributed by atoms with Crippen LogP contribution in [0, 0.1) is 10.1 Å². The Kier molecular flexibility index (Phi) is 4.25. The predicted molar refractivity (Wildman–Crippen MR) is 58.5 cm³/mol. The highest BCUT2D eigenvalue weighted by Gasteiger charge is 2.03. The lowest BCUT2D eigenvalue weighted by molar-refractivity contribution is -0.402. The Hall–Kier alpha value is -0.710. The van der Waals surface area contributed by atoms with Gasteiger partial charge in [0.05, 0.1) is 15.0 Å². The van der Waals surface area contributed by atoms with Crippen LogP contribution < -0.4 is 0 Å². The summed E-state index contributed by atoms with van der Waals surface area (Å²) >= 11 is 12.8. The summed E-state index contributed by atoms with van der Waals surface area (Å²) in [7, 11) is 0. The highest BCUT2D eigenvalue weighted by molar-refractivity contribution is 8.02. The molecule has 0 heterocycles. The van der Waals surface area contributed by atoms with Crippen LogP contribution in [-0.2, 0) is 0 Å². The predicted octanol–water partition coefficient (Wildman–Crippen LogP) is 3.83. The number of hydrogen-bond donors (Lipinski definition) is 0. The molecule has 0 atom stereocenters. The number of benzene rings is 1. The smallest absolute Gasteiger partial charge is 0.241 e. The molecule has 1 aromatic carbocycles. The molecular weight excluding hydrogens is 245 g/mol. The van der Waals surface area contributed by atoms with Crippen molar-refractivity contribution in [3.8, 4) is 0 Å². The lowest BCUT2D eigenvalue weighted by atomic mass is 10.4. The summed E-state index contributed by atoms with van der Waals surface area (Å²) in [6, 6.07) is 5.13. The van der Waals surface area contributed by atoms with Crippen LogP contribution >= 0.6 is 35.0 Å². The first-order valence-corrected chi connectivity index (χ1v) is 5.15. The number of rotatable bonds is 3. The molecule has 0 saturated heterocycles. The monoisotopic (exact) mass is 249 g/mol. The molecule has 0 spiro atoms. The first kappa shape index (κ1) is 11.4. The molecule has 0 aliphatic carbocycles. The molecule has 0 N–H and O–H groups in total. The Bertz CT molecular complexity index is 382. The van der Waals surface area contributed by atoms with E-state index in [4.69, 9.17) is 23.2 Å².